The van der Waals surface area contributed by atoms with Crippen LogP contribution in [0.5, 0.6) is 5.75 Å². The second-order valence-electron chi connectivity index (χ2n) is 6.74. The SMILES string of the molecule is CCc1ccc(C(O)CN[C@H](C)c2ccc3c(c2)CC(C)O3)cc1. The molecule has 3 nitrogen and oxygen atoms in total. The van der Waals surface area contributed by atoms with Crippen molar-refractivity contribution in [1.82, 2.24) is 5.32 Å². The second kappa shape index (κ2) is 7.37. The Balaban J connectivity index is 1.58. The van der Waals surface area contributed by atoms with Gasteiger partial charge < -0.3 is 15.2 Å². The lowest BCUT2D eigenvalue weighted by atomic mass is 10.0. The Morgan fingerprint density at radius 1 is 1.17 bits per heavy atom. The first-order valence-corrected chi connectivity index (χ1v) is 8.86. The van der Waals surface area contributed by atoms with Gasteiger partial charge in [-0.05, 0) is 48.6 Å². The van der Waals surface area contributed by atoms with Crippen LogP contribution < -0.4 is 10.1 Å². The molecule has 2 aromatic carbocycles. The van der Waals surface area contributed by atoms with Crippen molar-refractivity contribution < 1.29 is 9.84 Å². The standard InChI is InChI=1S/C21H27NO2/c1-4-16-5-7-17(8-6-16)20(23)13-22-15(3)18-9-10-21-19(12-18)11-14(2)24-21/h5-10,12,14-15,20,22-23H,4,11,13H2,1-3H3/t14?,15-,20?/m1/s1. The van der Waals surface area contributed by atoms with Crippen molar-refractivity contribution in [3.05, 3.63) is 64.7 Å². The van der Waals surface area contributed by atoms with Crippen molar-refractivity contribution in [2.24, 2.45) is 0 Å². The number of nitrogens with one attached hydrogen (secondary N) is 1. The van der Waals surface area contributed by atoms with Gasteiger partial charge in [0.2, 0.25) is 0 Å². The molecule has 0 saturated heterocycles. The molecule has 1 aliphatic heterocycles. The van der Waals surface area contributed by atoms with E-state index in [1.807, 2.05) is 12.1 Å². The third kappa shape index (κ3) is 3.80. The highest BCUT2D eigenvalue weighted by Crippen LogP contribution is 2.31. The van der Waals surface area contributed by atoms with Crippen LogP contribution in [0.3, 0.4) is 0 Å². The molecule has 128 valence electrons. The number of hydrogen-bond acceptors (Lipinski definition) is 3. The second-order valence-corrected chi connectivity index (χ2v) is 6.74. The summed E-state index contributed by atoms with van der Waals surface area (Å²) in [4.78, 5) is 0. The van der Waals surface area contributed by atoms with Crippen molar-refractivity contribution >= 4 is 0 Å². The number of hydrogen-bond donors (Lipinski definition) is 2. The number of ether oxygens (including phenoxy) is 1. The molecule has 0 aromatic heterocycles. The van der Waals surface area contributed by atoms with Gasteiger partial charge in [-0.15, -0.1) is 0 Å². The van der Waals surface area contributed by atoms with E-state index < -0.39 is 6.10 Å². The largest absolute Gasteiger partial charge is 0.490 e. The summed E-state index contributed by atoms with van der Waals surface area (Å²) >= 11 is 0. The van der Waals surface area contributed by atoms with Crippen LogP contribution in [-0.2, 0) is 12.8 Å². The average Bonchev–Trinajstić information content (AvgIpc) is 2.98. The molecule has 3 rings (SSSR count). The molecule has 3 atom stereocenters. The van der Waals surface area contributed by atoms with Crippen molar-refractivity contribution in [2.45, 2.75) is 51.9 Å². The maximum absolute atomic E-state index is 10.4. The normalized spacial score (nSPS) is 18.8. The van der Waals surface area contributed by atoms with Crippen LogP contribution in [0.25, 0.3) is 0 Å². The highest BCUT2D eigenvalue weighted by atomic mass is 16.5. The van der Waals surface area contributed by atoms with Crippen molar-refractivity contribution in [2.75, 3.05) is 6.54 Å². The summed E-state index contributed by atoms with van der Waals surface area (Å²) in [7, 11) is 0. The number of aryl methyl sites for hydroxylation is 1. The molecule has 0 fully saturated rings. The van der Waals surface area contributed by atoms with Crippen LogP contribution in [0.2, 0.25) is 0 Å². The van der Waals surface area contributed by atoms with Gasteiger partial charge in [0.05, 0.1) is 6.10 Å². The molecule has 3 heteroatoms. The Labute approximate surface area is 144 Å². The average molecular weight is 325 g/mol. The van der Waals surface area contributed by atoms with Crippen molar-refractivity contribution in [3.63, 3.8) is 0 Å². The number of rotatable bonds is 6. The molecular weight excluding hydrogens is 298 g/mol. The summed E-state index contributed by atoms with van der Waals surface area (Å²) in [5, 5.41) is 13.8. The molecule has 2 aromatic rings. The monoisotopic (exact) mass is 325 g/mol. The van der Waals surface area contributed by atoms with Gasteiger partial charge in [-0.1, -0.05) is 43.3 Å². The summed E-state index contributed by atoms with van der Waals surface area (Å²) in [6.07, 6.45) is 1.77. The third-order valence-electron chi connectivity index (χ3n) is 4.81. The number of fused-ring (bicyclic) bond motifs is 1. The Kier molecular flexibility index (Phi) is 5.22. The summed E-state index contributed by atoms with van der Waals surface area (Å²) in [5.74, 6) is 1.01. The lowest BCUT2D eigenvalue weighted by molar-refractivity contribution is 0.171. The van der Waals surface area contributed by atoms with E-state index in [1.54, 1.807) is 0 Å². The molecule has 0 amide bonds. The maximum Gasteiger partial charge on any atom is 0.123 e. The lowest BCUT2D eigenvalue weighted by Gasteiger charge is -2.18. The number of aliphatic hydroxyl groups excluding tert-OH is 1. The van der Waals surface area contributed by atoms with E-state index >= 15 is 0 Å². The van der Waals surface area contributed by atoms with E-state index in [0.29, 0.717) is 6.54 Å². The zero-order valence-electron chi connectivity index (χ0n) is 14.8. The fraction of sp³-hybridized carbons (Fsp3) is 0.429. The van der Waals surface area contributed by atoms with Gasteiger partial charge in [-0.25, -0.2) is 0 Å². The van der Waals surface area contributed by atoms with Gasteiger partial charge in [0.25, 0.3) is 0 Å². The summed E-state index contributed by atoms with van der Waals surface area (Å²) in [6.45, 7) is 6.91. The van der Waals surface area contributed by atoms with Crippen molar-refractivity contribution in [3.8, 4) is 5.75 Å². The highest BCUT2D eigenvalue weighted by Gasteiger charge is 2.20. The van der Waals surface area contributed by atoms with E-state index in [2.05, 4.69) is 56.4 Å². The molecular formula is C21H27NO2. The van der Waals surface area contributed by atoms with E-state index in [-0.39, 0.29) is 12.1 Å². The minimum absolute atomic E-state index is 0.191. The van der Waals surface area contributed by atoms with Crippen LogP contribution in [0.1, 0.15) is 55.2 Å². The van der Waals surface area contributed by atoms with E-state index in [4.69, 9.17) is 4.74 Å². The van der Waals surface area contributed by atoms with E-state index in [1.165, 1.54) is 16.7 Å². The maximum atomic E-state index is 10.4. The molecule has 0 spiro atoms. The van der Waals surface area contributed by atoms with Gasteiger partial charge in [-0.2, -0.15) is 0 Å². The quantitative estimate of drug-likeness (QED) is 0.845. The summed E-state index contributed by atoms with van der Waals surface area (Å²) in [5.41, 5.74) is 4.77. The first kappa shape index (κ1) is 17.0. The molecule has 2 unspecified atom stereocenters. The molecule has 0 radical (unpaired) electrons. The van der Waals surface area contributed by atoms with E-state index in [0.717, 1.165) is 24.2 Å². The van der Waals surface area contributed by atoms with Gasteiger partial charge in [-0.3, -0.25) is 0 Å². The number of aliphatic hydroxyl groups is 1. The summed E-state index contributed by atoms with van der Waals surface area (Å²) in [6, 6.07) is 14.8. The molecule has 24 heavy (non-hydrogen) atoms. The van der Waals surface area contributed by atoms with E-state index in [9.17, 15) is 5.11 Å². The van der Waals surface area contributed by atoms with Crippen LogP contribution in [-0.4, -0.2) is 17.8 Å². The fourth-order valence-electron chi connectivity index (χ4n) is 3.21. The minimum atomic E-state index is -0.490. The molecule has 1 aliphatic rings. The Morgan fingerprint density at radius 2 is 1.88 bits per heavy atom. The number of benzene rings is 2. The highest BCUT2D eigenvalue weighted by molar-refractivity contribution is 5.41. The van der Waals surface area contributed by atoms with Crippen LogP contribution in [0.15, 0.2) is 42.5 Å². The molecule has 0 bridgehead atoms. The predicted octanol–water partition coefficient (Wildman–Crippen LogP) is 3.96. The first-order chi connectivity index (χ1) is 11.6. The van der Waals surface area contributed by atoms with Crippen LogP contribution >= 0.6 is 0 Å². The Bertz CT molecular complexity index is 681. The van der Waals surface area contributed by atoms with Gasteiger partial charge in [0, 0.05) is 19.0 Å². The van der Waals surface area contributed by atoms with Crippen LogP contribution in [0, 0.1) is 0 Å². The zero-order chi connectivity index (χ0) is 17.1. The summed E-state index contributed by atoms with van der Waals surface area (Å²) < 4.78 is 5.76. The molecule has 2 N–H and O–H groups in total. The van der Waals surface area contributed by atoms with Gasteiger partial charge in [0.15, 0.2) is 0 Å². The smallest absolute Gasteiger partial charge is 0.123 e. The van der Waals surface area contributed by atoms with Crippen LogP contribution in [0.4, 0.5) is 0 Å². The zero-order valence-corrected chi connectivity index (χ0v) is 14.8. The molecule has 0 saturated carbocycles. The fourth-order valence-corrected chi connectivity index (χ4v) is 3.21. The first-order valence-electron chi connectivity index (χ1n) is 8.86. The Morgan fingerprint density at radius 3 is 2.58 bits per heavy atom. The minimum Gasteiger partial charge on any atom is -0.490 e. The Hall–Kier alpha value is -1.84. The predicted molar refractivity (Wildman–Crippen MR) is 97.4 cm³/mol. The molecule has 1 heterocycles. The topological polar surface area (TPSA) is 41.5 Å². The third-order valence-corrected chi connectivity index (χ3v) is 4.81. The van der Waals surface area contributed by atoms with Gasteiger partial charge in [0.1, 0.15) is 11.9 Å². The lowest BCUT2D eigenvalue weighted by Crippen LogP contribution is -2.24. The molecule has 0 aliphatic carbocycles. The van der Waals surface area contributed by atoms with Gasteiger partial charge >= 0.3 is 0 Å². The van der Waals surface area contributed by atoms with Crippen molar-refractivity contribution in [1.29, 1.82) is 0 Å².